The third-order valence-corrected chi connectivity index (χ3v) is 8.10. The molecule has 1 amide bonds. The Balaban J connectivity index is 1.29. The van der Waals surface area contributed by atoms with Gasteiger partial charge in [-0.2, -0.15) is 0 Å². The molecule has 0 spiro atoms. The molecular formula is C36H32ClFN4O5. The van der Waals surface area contributed by atoms with Crippen molar-refractivity contribution in [2.45, 2.75) is 39.3 Å². The lowest BCUT2D eigenvalue weighted by Crippen LogP contribution is -2.31. The summed E-state index contributed by atoms with van der Waals surface area (Å²) in [7, 11) is 0. The Morgan fingerprint density at radius 1 is 1.04 bits per heavy atom. The van der Waals surface area contributed by atoms with Crippen molar-refractivity contribution in [1.82, 2.24) is 14.9 Å². The molecular weight excluding hydrogens is 623 g/mol. The zero-order valence-electron chi connectivity index (χ0n) is 25.8. The van der Waals surface area contributed by atoms with Gasteiger partial charge in [-0.25, -0.2) is 19.0 Å². The maximum absolute atomic E-state index is 14.7. The van der Waals surface area contributed by atoms with Crippen molar-refractivity contribution in [3.63, 3.8) is 0 Å². The molecule has 1 saturated heterocycles. The highest BCUT2D eigenvalue weighted by atomic mass is 35.5. The van der Waals surface area contributed by atoms with Crippen molar-refractivity contribution in [3.8, 4) is 11.5 Å². The molecule has 240 valence electrons. The van der Waals surface area contributed by atoms with Gasteiger partial charge >= 0.3 is 12.1 Å². The van der Waals surface area contributed by atoms with E-state index in [1.807, 2.05) is 43.3 Å². The third kappa shape index (κ3) is 7.12. The van der Waals surface area contributed by atoms with Crippen LogP contribution in [-0.2, 0) is 16.1 Å². The minimum absolute atomic E-state index is 0.140. The van der Waals surface area contributed by atoms with Crippen LogP contribution in [0.2, 0.25) is 5.15 Å². The summed E-state index contributed by atoms with van der Waals surface area (Å²) in [4.78, 5) is 36.5. The van der Waals surface area contributed by atoms with Gasteiger partial charge in [-0.15, -0.1) is 0 Å². The van der Waals surface area contributed by atoms with Gasteiger partial charge in [0.1, 0.15) is 40.2 Å². The highest BCUT2D eigenvalue weighted by Gasteiger charge is 2.33. The van der Waals surface area contributed by atoms with Crippen molar-refractivity contribution >= 4 is 46.1 Å². The molecule has 6 rings (SSSR count). The van der Waals surface area contributed by atoms with Crippen LogP contribution in [-0.4, -0.2) is 40.1 Å². The van der Waals surface area contributed by atoms with Gasteiger partial charge in [0.15, 0.2) is 0 Å². The molecule has 0 radical (unpaired) electrons. The molecule has 0 bridgehead atoms. The Morgan fingerprint density at radius 3 is 2.68 bits per heavy atom. The molecule has 2 aromatic heterocycles. The van der Waals surface area contributed by atoms with Crippen LogP contribution in [0.4, 0.5) is 20.6 Å². The Kier molecular flexibility index (Phi) is 9.49. The standard InChI is InChI=1S/C36H32ClFN4O5/c1-3-45-35(43)27-20-39-28-14-16-32(37)41-34(28)33(27)40-29-19-25(13-11-22(29)2)47-31-15-12-24(38)18-26(31)30-10-7-17-42(30)36(44)46-21-23-8-5-4-6-9-23/h4-6,8-9,11-16,18-20,30H,3,7,10,17,21H2,1-2H3,(H,39,40)/t30-/m1/s1. The van der Waals surface area contributed by atoms with Crippen LogP contribution in [0.1, 0.15) is 52.9 Å². The van der Waals surface area contributed by atoms with E-state index in [0.717, 1.165) is 17.5 Å². The van der Waals surface area contributed by atoms with Gasteiger partial charge in [-0.3, -0.25) is 4.98 Å². The summed E-state index contributed by atoms with van der Waals surface area (Å²) < 4.78 is 31.9. The summed E-state index contributed by atoms with van der Waals surface area (Å²) >= 11 is 6.23. The minimum Gasteiger partial charge on any atom is -0.462 e. The number of hydrogen-bond donors (Lipinski definition) is 1. The van der Waals surface area contributed by atoms with Crippen LogP contribution in [0.25, 0.3) is 11.0 Å². The SMILES string of the molecule is CCOC(=O)c1cnc2ccc(Cl)nc2c1Nc1cc(Oc2ccc(F)cc2[C@H]2CCCN2C(=O)OCc2ccccc2)ccc1C. The van der Waals surface area contributed by atoms with Crippen LogP contribution < -0.4 is 10.1 Å². The van der Waals surface area contributed by atoms with Crippen molar-refractivity contribution in [3.05, 3.63) is 118 Å². The first-order valence-electron chi connectivity index (χ1n) is 15.3. The summed E-state index contributed by atoms with van der Waals surface area (Å²) in [5.74, 6) is -0.144. The van der Waals surface area contributed by atoms with Gasteiger partial charge in [-0.1, -0.05) is 48.0 Å². The normalized spacial score (nSPS) is 14.2. The number of hydrogen-bond acceptors (Lipinski definition) is 8. The maximum atomic E-state index is 14.7. The quantitative estimate of drug-likeness (QED) is 0.124. The van der Waals surface area contributed by atoms with E-state index in [-0.39, 0.29) is 23.9 Å². The number of carbonyl (C=O) groups excluding carboxylic acids is 2. The highest BCUT2D eigenvalue weighted by Crippen LogP contribution is 2.40. The Morgan fingerprint density at radius 2 is 1.87 bits per heavy atom. The first-order chi connectivity index (χ1) is 22.8. The number of likely N-dealkylation sites (tertiary alicyclic amines) is 1. The zero-order valence-corrected chi connectivity index (χ0v) is 26.6. The average molecular weight is 655 g/mol. The number of aryl methyl sites for hydroxylation is 1. The predicted molar refractivity (Wildman–Crippen MR) is 177 cm³/mol. The smallest absolute Gasteiger partial charge is 0.410 e. The average Bonchev–Trinajstić information content (AvgIpc) is 3.57. The number of halogens is 2. The first-order valence-corrected chi connectivity index (χ1v) is 15.6. The summed E-state index contributed by atoms with van der Waals surface area (Å²) in [6.45, 7) is 4.43. The molecule has 3 heterocycles. The fourth-order valence-electron chi connectivity index (χ4n) is 5.58. The summed E-state index contributed by atoms with van der Waals surface area (Å²) in [6, 6.07) is 22.1. The molecule has 1 aliphatic rings. The zero-order chi connectivity index (χ0) is 32.9. The molecule has 1 fully saturated rings. The molecule has 0 aliphatic carbocycles. The molecule has 9 nitrogen and oxygen atoms in total. The lowest BCUT2D eigenvalue weighted by Gasteiger charge is -2.26. The van der Waals surface area contributed by atoms with Crippen molar-refractivity contribution in [2.75, 3.05) is 18.5 Å². The van der Waals surface area contributed by atoms with E-state index in [1.165, 1.54) is 18.3 Å². The number of ether oxygens (including phenoxy) is 3. The van der Waals surface area contributed by atoms with Crippen molar-refractivity contribution < 1.29 is 28.2 Å². The predicted octanol–water partition coefficient (Wildman–Crippen LogP) is 8.92. The largest absolute Gasteiger partial charge is 0.462 e. The van der Waals surface area contributed by atoms with Crippen LogP contribution in [0.3, 0.4) is 0 Å². The van der Waals surface area contributed by atoms with E-state index >= 15 is 0 Å². The van der Waals surface area contributed by atoms with Crippen LogP contribution in [0.5, 0.6) is 11.5 Å². The van der Waals surface area contributed by atoms with Gasteiger partial charge in [0.25, 0.3) is 0 Å². The number of benzene rings is 3. The van der Waals surface area contributed by atoms with Crippen LogP contribution >= 0.6 is 11.6 Å². The van der Waals surface area contributed by atoms with E-state index in [4.69, 9.17) is 25.8 Å². The summed E-state index contributed by atoms with van der Waals surface area (Å²) in [5.41, 5.74) is 4.40. The molecule has 0 saturated carbocycles. The van der Waals surface area contributed by atoms with Gasteiger partial charge < -0.3 is 24.4 Å². The van der Waals surface area contributed by atoms with Gasteiger partial charge in [0.2, 0.25) is 0 Å². The lowest BCUT2D eigenvalue weighted by atomic mass is 10.0. The van der Waals surface area contributed by atoms with E-state index in [1.54, 1.807) is 42.2 Å². The Labute approximate surface area is 276 Å². The van der Waals surface area contributed by atoms with Crippen LogP contribution in [0.15, 0.2) is 85.1 Å². The number of esters is 1. The van der Waals surface area contributed by atoms with Gasteiger partial charge in [-0.05, 0) is 74.2 Å². The topological polar surface area (TPSA) is 103 Å². The van der Waals surface area contributed by atoms with Crippen molar-refractivity contribution in [2.24, 2.45) is 0 Å². The Hall–Kier alpha value is -5.22. The number of aromatic nitrogens is 2. The fraction of sp³-hybridized carbons (Fsp3) is 0.222. The highest BCUT2D eigenvalue weighted by molar-refractivity contribution is 6.30. The van der Waals surface area contributed by atoms with E-state index < -0.39 is 23.9 Å². The molecule has 5 aromatic rings. The molecule has 3 aromatic carbocycles. The van der Waals surface area contributed by atoms with Gasteiger partial charge in [0, 0.05) is 30.1 Å². The summed E-state index contributed by atoms with van der Waals surface area (Å²) in [6.07, 6.45) is 2.34. The van der Waals surface area contributed by atoms with E-state index in [9.17, 15) is 14.0 Å². The fourth-order valence-corrected chi connectivity index (χ4v) is 5.72. The second-order valence-electron chi connectivity index (χ2n) is 11.0. The number of rotatable bonds is 9. The van der Waals surface area contributed by atoms with E-state index in [2.05, 4.69) is 15.3 Å². The number of carbonyl (C=O) groups is 2. The van der Waals surface area contributed by atoms with Crippen LogP contribution in [0, 0.1) is 12.7 Å². The maximum Gasteiger partial charge on any atom is 0.410 e. The third-order valence-electron chi connectivity index (χ3n) is 7.89. The first kappa shape index (κ1) is 31.7. The summed E-state index contributed by atoms with van der Waals surface area (Å²) in [5, 5.41) is 3.58. The second kappa shape index (κ2) is 14.0. The second-order valence-corrected chi connectivity index (χ2v) is 11.4. The number of nitrogens with one attached hydrogen (secondary N) is 1. The number of anilines is 2. The molecule has 1 aliphatic heterocycles. The number of fused-ring (bicyclic) bond motifs is 1. The lowest BCUT2D eigenvalue weighted by molar-refractivity contribution is 0.0527. The van der Waals surface area contributed by atoms with Crippen molar-refractivity contribution in [1.29, 1.82) is 0 Å². The van der Waals surface area contributed by atoms with Gasteiger partial charge in [0.05, 0.1) is 23.9 Å². The molecule has 47 heavy (non-hydrogen) atoms. The monoisotopic (exact) mass is 654 g/mol. The molecule has 11 heteroatoms. The number of nitrogens with zero attached hydrogens (tertiary/aromatic N) is 3. The molecule has 1 atom stereocenters. The molecule has 0 unspecified atom stereocenters. The van der Waals surface area contributed by atoms with E-state index in [0.29, 0.717) is 52.4 Å². The molecule has 1 N–H and O–H groups in total. The number of pyridine rings is 2. The Bertz CT molecular complexity index is 1940. The minimum atomic E-state index is -0.560. The number of amides is 1.